The van der Waals surface area contributed by atoms with Gasteiger partial charge in [0.15, 0.2) is 0 Å². The minimum Gasteiger partial charge on any atom is -0.668 e. The Morgan fingerprint density at radius 2 is 0.543 bits per heavy atom. The Morgan fingerprint density at radius 3 is 0.757 bits per heavy atom. The third kappa shape index (κ3) is 109. The maximum Gasteiger partial charge on any atom is 1.00 e. The third-order valence-corrected chi connectivity index (χ3v) is 13.5. The van der Waals surface area contributed by atoms with Gasteiger partial charge in [-0.1, -0.05) is 206 Å². The minimum atomic E-state index is -0.583. The van der Waals surface area contributed by atoms with E-state index in [2.05, 4.69) is 38.3 Å². The number of unbranched alkanes of at least 4 members (excludes halogenated alkanes) is 28. The first-order chi connectivity index (χ1) is 32.4. The molecule has 0 aliphatic rings. The van der Waals surface area contributed by atoms with Crippen molar-refractivity contribution in [2.45, 2.75) is 283 Å². The van der Waals surface area contributed by atoms with Crippen LogP contribution in [0.4, 0.5) is 0 Å². The van der Waals surface area contributed by atoms with Gasteiger partial charge in [0.05, 0.1) is 0 Å². The Hall–Kier alpha value is 0.793. The molecule has 0 rings (SSSR count). The first kappa shape index (κ1) is 84.7. The molecule has 6 N–H and O–H groups in total. The molecule has 0 fully saturated rings. The van der Waals surface area contributed by atoms with Crippen LogP contribution in [0, 0.1) is 13.8 Å². The number of hydrogen-bond acceptors (Lipinski definition) is 8. The van der Waals surface area contributed by atoms with Gasteiger partial charge in [-0.15, -0.1) is 32.1 Å². The molecule has 0 aromatic rings. The average Bonchev–Trinajstić information content (AvgIpc) is 3.25. The molecule has 0 saturated heterocycles. The van der Waals surface area contributed by atoms with Gasteiger partial charge in [-0.2, -0.15) is 0 Å². The van der Waals surface area contributed by atoms with E-state index in [0.717, 1.165) is 64.5 Å². The Balaban J connectivity index is -0.000000380. The standard InChI is InChI=1S/C46H90N2O2S2.4C2H5NO.2K/c1-5-7-9-11-13-15-17-19-21-23-25-27-33-39-45(49)47-41-35-29-31-37-43(3)51-52-44(4)38-32-30-36-42-48-46(50)40-34-28-26-24-22-20-18-16-14-12-10-8-6-2;4*1-2(3)4;;/h43-44H,3-42H2,1-2H3,(H,47,49)(H,48,50);4*1H3,(H2,3,4);;/q-2;;;;;2*+1/p-4. The van der Waals surface area contributed by atoms with Gasteiger partial charge < -0.3 is 66.6 Å². The molecule has 0 bridgehead atoms. The number of carbonyl (C=O) groups is 6. The molecular formula is C54H106K2N6O6S2-4. The van der Waals surface area contributed by atoms with Crippen LogP contribution in [0.1, 0.15) is 273 Å². The monoisotopic (exact) mass is 1080 g/mol. The fraction of sp³-hybridized carbons (Fsp3) is 0.852. The summed E-state index contributed by atoms with van der Waals surface area (Å²) in [5.74, 6) is -1.87. The summed E-state index contributed by atoms with van der Waals surface area (Å²) in [4.78, 5) is 60.7. The van der Waals surface area contributed by atoms with Crippen LogP contribution in [0.3, 0.4) is 0 Å². The van der Waals surface area contributed by atoms with Crippen molar-refractivity contribution in [1.29, 1.82) is 0 Å². The van der Waals surface area contributed by atoms with E-state index in [0.29, 0.717) is 23.3 Å². The zero-order chi connectivity index (χ0) is 52.3. The molecule has 70 heavy (non-hydrogen) atoms. The van der Waals surface area contributed by atoms with Crippen LogP contribution in [-0.2, 0) is 28.8 Å². The van der Waals surface area contributed by atoms with Gasteiger partial charge in [-0.25, -0.2) is 0 Å². The number of nitrogens with one attached hydrogen (secondary N) is 6. The smallest absolute Gasteiger partial charge is 0.668 e. The molecule has 6 amide bonds. The third-order valence-electron chi connectivity index (χ3n) is 10.4. The summed E-state index contributed by atoms with van der Waals surface area (Å²) in [6.45, 7) is 19.6. The van der Waals surface area contributed by atoms with E-state index in [1.165, 1.54) is 195 Å². The van der Waals surface area contributed by atoms with Gasteiger partial charge in [0.1, 0.15) is 0 Å². The van der Waals surface area contributed by atoms with Crippen molar-refractivity contribution >= 4 is 57.0 Å². The molecular weight excluding hydrogens is 971 g/mol. The van der Waals surface area contributed by atoms with E-state index < -0.39 is 23.6 Å². The summed E-state index contributed by atoms with van der Waals surface area (Å²) in [6.07, 6.45) is 45.2. The molecule has 0 heterocycles. The van der Waals surface area contributed by atoms with Crippen LogP contribution in [-0.4, -0.2) is 59.0 Å². The fourth-order valence-corrected chi connectivity index (χ4v) is 9.20. The molecule has 0 aliphatic heterocycles. The van der Waals surface area contributed by atoms with Crippen LogP contribution in [0.25, 0.3) is 22.9 Å². The molecule has 0 spiro atoms. The second-order valence-electron chi connectivity index (χ2n) is 18.0. The molecule has 0 aromatic carbocycles. The molecule has 12 nitrogen and oxygen atoms in total. The molecule has 406 valence electrons. The zero-order valence-electron chi connectivity index (χ0n) is 46.7. The maximum atomic E-state index is 12.1. The van der Waals surface area contributed by atoms with E-state index in [-0.39, 0.29) is 115 Å². The van der Waals surface area contributed by atoms with E-state index in [1.807, 2.05) is 21.6 Å². The van der Waals surface area contributed by atoms with Crippen LogP contribution in [0.5, 0.6) is 0 Å². The van der Waals surface area contributed by atoms with Crippen molar-refractivity contribution in [2.75, 3.05) is 13.1 Å². The molecule has 0 aliphatic carbocycles. The van der Waals surface area contributed by atoms with Gasteiger partial charge in [0.25, 0.3) is 0 Å². The molecule has 0 radical (unpaired) electrons. The Labute approximate surface area is 525 Å². The second kappa shape index (κ2) is 74.0. The van der Waals surface area contributed by atoms with Gasteiger partial charge in [-0.3, -0.25) is 9.59 Å². The van der Waals surface area contributed by atoms with Crippen LogP contribution < -0.4 is 113 Å². The van der Waals surface area contributed by atoms with E-state index >= 15 is 0 Å². The fourth-order valence-electron chi connectivity index (χ4n) is 6.84. The Morgan fingerprint density at radius 1 is 0.357 bits per heavy atom. The van der Waals surface area contributed by atoms with Gasteiger partial charge in [0, 0.05) is 49.6 Å². The maximum absolute atomic E-state index is 12.1. The van der Waals surface area contributed by atoms with Crippen molar-refractivity contribution in [3.8, 4) is 0 Å². The van der Waals surface area contributed by atoms with Crippen LogP contribution in [0.15, 0.2) is 0 Å². The van der Waals surface area contributed by atoms with Crippen molar-refractivity contribution in [1.82, 2.24) is 10.6 Å². The SMILES string of the molecule is CC([NH-])=O.CC([NH-])=O.CC([NH-])=O.CC([NH-])=O.[CH2-]C(CCCCCNC(=O)CCCCCCCCCCCCCCC)SSC([CH2-])CCCCCNC(=O)CCCCCCCCCCCCCCC.[K+].[K+]. The predicted molar refractivity (Wildman–Crippen MR) is 297 cm³/mol. The van der Waals surface area contributed by atoms with Gasteiger partial charge in [0.2, 0.25) is 11.8 Å². The summed E-state index contributed by atoms with van der Waals surface area (Å²) >= 11 is 0. The van der Waals surface area contributed by atoms with Crippen molar-refractivity contribution in [2.24, 2.45) is 0 Å². The van der Waals surface area contributed by atoms with Gasteiger partial charge >= 0.3 is 103 Å². The summed E-state index contributed by atoms with van der Waals surface area (Å²) in [5, 5.41) is 7.03. The van der Waals surface area contributed by atoms with E-state index in [9.17, 15) is 9.59 Å². The quantitative estimate of drug-likeness (QED) is 0.0258. The number of rotatable bonds is 43. The first-order valence-electron chi connectivity index (χ1n) is 26.8. The number of carbonyl (C=O) groups excluding carboxylic acids is 6. The second-order valence-corrected chi connectivity index (χ2v) is 20.9. The summed E-state index contributed by atoms with van der Waals surface area (Å²) < 4.78 is 0. The topological polar surface area (TPSA) is 222 Å². The normalized spacial score (nSPS) is 10.8. The van der Waals surface area contributed by atoms with E-state index in [1.54, 1.807) is 0 Å². The minimum absolute atomic E-state index is 0. The zero-order valence-corrected chi connectivity index (χ0v) is 54.6. The molecule has 2 unspecified atom stereocenters. The summed E-state index contributed by atoms with van der Waals surface area (Å²) in [5.41, 5.74) is 23.8. The summed E-state index contributed by atoms with van der Waals surface area (Å²) in [6, 6.07) is 0. The van der Waals surface area contributed by atoms with Crippen molar-refractivity contribution in [3.63, 3.8) is 0 Å². The number of hydrogen-bond donors (Lipinski definition) is 2. The van der Waals surface area contributed by atoms with Crippen molar-refractivity contribution < 1.29 is 132 Å². The summed E-state index contributed by atoms with van der Waals surface area (Å²) in [7, 11) is 3.77. The molecule has 0 saturated carbocycles. The Bertz CT molecular complexity index is 1010. The predicted octanol–water partition coefficient (Wildman–Crippen LogP) is 11.4. The van der Waals surface area contributed by atoms with Gasteiger partial charge in [-0.05, 0) is 53.4 Å². The molecule has 2 atom stereocenters. The average molecular weight is 1080 g/mol. The molecule has 0 aromatic heterocycles. The first-order valence-corrected chi connectivity index (χ1v) is 29.1. The Kier molecular flexibility index (Phi) is 89.6. The van der Waals surface area contributed by atoms with Crippen molar-refractivity contribution in [3.05, 3.63) is 36.8 Å². The van der Waals surface area contributed by atoms with E-state index in [4.69, 9.17) is 42.1 Å². The van der Waals surface area contributed by atoms with Crippen LogP contribution >= 0.6 is 21.6 Å². The number of amides is 6. The molecule has 16 heteroatoms. The largest absolute Gasteiger partial charge is 1.00 e. The van der Waals surface area contributed by atoms with Crippen LogP contribution in [0.2, 0.25) is 0 Å².